The van der Waals surface area contributed by atoms with Crippen LogP contribution in [0.4, 0.5) is 13.2 Å². The summed E-state index contributed by atoms with van der Waals surface area (Å²) in [5.74, 6) is -0.440. The first-order chi connectivity index (χ1) is 9.93. The lowest BCUT2D eigenvalue weighted by Crippen LogP contribution is -2.36. The molecule has 124 valence electrons. The molecule has 1 atom stereocenters. The molecule has 0 aliphatic carbocycles. The Bertz CT molecular complexity index is 498. The topological polar surface area (TPSA) is 29.1 Å². The largest absolute Gasteiger partial charge is 0.416 e. The third-order valence-corrected chi connectivity index (χ3v) is 3.43. The molecule has 0 radical (unpaired) electrons. The molecule has 2 nitrogen and oxygen atoms in total. The zero-order chi connectivity index (χ0) is 17.1. The van der Waals surface area contributed by atoms with Gasteiger partial charge >= 0.3 is 6.18 Å². The van der Waals surface area contributed by atoms with Gasteiger partial charge in [-0.1, -0.05) is 46.8 Å². The van der Waals surface area contributed by atoms with E-state index in [9.17, 15) is 18.0 Å². The van der Waals surface area contributed by atoms with Crippen LogP contribution in [0.1, 0.15) is 51.7 Å². The summed E-state index contributed by atoms with van der Waals surface area (Å²) in [7, 11) is 0. The van der Waals surface area contributed by atoms with E-state index in [1.54, 1.807) is 0 Å². The van der Waals surface area contributed by atoms with E-state index in [-0.39, 0.29) is 11.8 Å². The SMILES string of the molecule is CC(C)NCC(C(=O)C(C)(C)C)c1ccc(C(F)(F)F)cc1. The summed E-state index contributed by atoms with van der Waals surface area (Å²) < 4.78 is 37.9. The maximum atomic E-state index is 12.6. The summed E-state index contributed by atoms with van der Waals surface area (Å²) in [5.41, 5.74) is -0.637. The standard InChI is InChI=1S/C17H24F3NO/c1-11(2)21-10-14(15(22)16(3,4)5)12-6-8-13(9-7-12)17(18,19)20/h6-9,11,14,21H,10H2,1-5H3. The van der Waals surface area contributed by atoms with Gasteiger partial charge in [0.2, 0.25) is 0 Å². The second kappa shape index (κ2) is 6.82. The summed E-state index contributed by atoms with van der Waals surface area (Å²) >= 11 is 0. The molecule has 0 aliphatic rings. The summed E-state index contributed by atoms with van der Waals surface area (Å²) in [6, 6.07) is 5.07. The fraction of sp³-hybridized carbons (Fsp3) is 0.588. The van der Waals surface area contributed by atoms with Crippen LogP contribution in [0.2, 0.25) is 0 Å². The van der Waals surface area contributed by atoms with Crippen LogP contribution in [-0.2, 0) is 11.0 Å². The number of carbonyl (C=O) groups excluding carboxylic acids is 1. The van der Waals surface area contributed by atoms with Crippen molar-refractivity contribution in [3.05, 3.63) is 35.4 Å². The molecule has 1 N–H and O–H groups in total. The van der Waals surface area contributed by atoms with Crippen molar-refractivity contribution in [3.63, 3.8) is 0 Å². The number of carbonyl (C=O) groups is 1. The van der Waals surface area contributed by atoms with E-state index in [1.165, 1.54) is 12.1 Å². The third-order valence-electron chi connectivity index (χ3n) is 3.43. The van der Waals surface area contributed by atoms with Gasteiger partial charge in [-0.3, -0.25) is 4.79 Å². The molecule has 0 aromatic heterocycles. The number of rotatable bonds is 5. The molecule has 1 aromatic rings. The van der Waals surface area contributed by atoms with E-state index in [0.29, 0.717) is 12.1 Å². The Morgan fingerprint density at radius 3 is 1.95 bits per heavy atom. The third kappa shape index (κ3) is 5.13. The van der Waals surface area contributed by atoms with Crippen molar-refractivity contribution in [2.24, 2.45) is 5.41 Å². The number of ketones is 1. The summed E-state index contributed by atoms with van der Waals surface area (Å²) in [4.78, 5) is 12.6. The molecule has 0 bridgehead atoms. The quantitative estimate of drug-likeness (QED) is 0.872. The zero-order valence-electron chi connectivity index (χ0n) is 13.7. The van der Waals surface area contributed by atoms with E-state index in [2.05, 4.69) is 5.32 Å². The number of nitrogens with one attached hydrogen (secondary N) is 1. The van der Waals surface area contributed by atoms with Crippen LogP contribution in [0.3, 0.4) is 0 Å². The average molecular weight is 315 g/mol. The monoisotopic (exact) mass is 315 g/mol. The number of benzene rings is 1. The fourth-order valence-corrected chi connectivity index (χ4v) is 2.14. The number of alkyl halides is 3. The van der Waals surface area contributed by atoms with Crippen molar-refractivity contribution in [3.8, 4) is 0 Å². The predicted molar refractivity (Wildman–Crippen MR) is 81.8 cm³/mol. The van der Waals surface area contributed by atoms with Gasteiger partial charge in [0.15, 0.2) is 0 Å². The van der Waals surface area contributed by atoms with Crippen molar-refractivity contribution < 1.29 is 18.0 Å². The molecule has 0 saturated heterocycles. The Kier molecular flexibility index (Phi) is 5.79. The normalized spacial score (nSPS) is 14.2. The molecule has 0 spiro atoms. The van der Waals surface area contributed by atoms with Crippen LogP contribution in [-0.4, -0.2) is 18.4 Å². The van der Waals surface area contributed by atoms with Crippen molar-refractivity contribution in [2.45, 2.75) is 52.8 Å². The first kappa shape index (κ1) is 18.7. The van der Waals surface area contributed by atoms with E-state index in [4.69, 9.17) is 0 Å². The molecular weight excluding hydrogens is 291 g/mol. The van der Waals surface area contributed by atoms with Gasteiger partial charge in [-0.2, -0.15) is 13.2 Å². The molecular formula is C17H24F3NO. The average Bonchev–Trinajstić information content (AvgIpc) is 2.36. The summed E-state index contributed by atoms with van der Waals surface area (Å²) in [5, 5.41) is 3.20. The minimum absolute atomic E-state index is 0.0143. The Morgan fingerprint density at radius 2 is 1.59 bits per heavy atom. The highest BCUT2D eigenvalue weighted by atomic mass is 19.4. The molecule has 0 saturated carbocycles. The lowest BCUT2D eigenvalue weighted by Gasteiger charge is -2.26. The van der Waals surface area contributed by atoms with Gasteiger partial charge in [0.25, 0.3) is 0 Å². The molecule has 1 rings (SSSR count). The molecule has 5 heteroatoms. The van der Waals surface area contributed by atoms with Crippen LogP contribution in [0.25, 0.3) is 0 Å². The molecule has 1 aromatic carbocycles. The molecule has 1 unspecified atom stereocenters. The van der Waals surface area contributed by atoms with Crippen molar-refractivity contribution in [2.75, 3.05) is 6.54 Å². The predicted octanol–water partition coefficient (Wildman–Crippen LogP) is 4.40. The minimum Gasteiger partial charge on any atom is -0.313 e. The van der Waals surface area contributed by atoms with E-state index in [0.717, 1.165) is 12.1 Å². The summed E-state index contributed by atoms with van der Waals surface area (Å²) in [6.45, 7) is 9.81. The van der Waals surface area contributed by atoms with E-state index in [1.807, 2.05) is 34.6 Å². The van der Waals surface area contributed by atoms with Crippen molar-refractivity contribution in [1.29, 1.82) is 0 Å². The van der Waals surface area contributed by atoms with Crippen LogP contribution in [0.5, 0.6) is 0 Å². The van der Waals surface area contributed by atoms with Crippen molar-refractivity contribution in [1.82, 2.24) is 5.32 Å². The molecule has 22 heavy (non-hydrogen) atoms. The fourth-order valence-electron chi connectivity index (χ4n) is 2.14. The first-order valence-corrected chi connectivity index (χ1v) is 7.37. The Morgan fingerprint density at radius 1 is 1.09 bits per heavy atom. The van der Waals surface area contributed by atoms with Crippen LogP contribution in [0, 0.1) is 5.41 Å². The number of halogens is 3. The summed E-state index contributed by atoms with van der Waals surface area (Å²) in [6.07, 6.45) is -4.36. The van der Waals surface area contributed by atoms with Gasteiger partial charge in [-0.25, -0.2) is 0 Å². The van der Waals surface area contributed by atoms with Gasteiger partial charge in [0.05, 0.1) is 11.5 Å². The van der Waals surface area contributed by atoms with Crippen LogP contribution < -0.4 is 5.32 Å². The first-order valence-electron chi connectivity index (χ1n) is 7.37. The Balaban J connectivity index is 3.08. The number of Topliss-reactive ketones (excluding diaryl/α,β-unsaturated/α-hetero) is 1. The highest BCUT2D eigenvalue weighted by Gasteiger charge is 2.33. The van der Waals surface area contributed by atoms with E-state index >= 15 is 0 Å². The molecule has 0 heterocycles. The maximum Gasteiger partial charge on any atom is 0.416 e. The number of hydrogen-bond acceptors (Lipinski definition) is 2. The second-order valence-electron chi connectivity index (χ2n) is 6.85. The maximum absolute atomic E-state index is 12.6. The molecule has 0 aliphatic heterocycles. The number of hydrogen-bond donors (Lipinski definition) is 1. The molecule has 0 amide bonds. The smallest absolute Gasteiger partial charge is 0.313 e. The minimum atomic E-state index is -4.36. The van der Waals surface area contributed by atoms with Gasteiger partial charge in [-0.05, 0) is 17.7 Å². The lowest BCUT2D eigenvalue weighted by atomic mass is 9.79. The molecule has 0 fully saturated rings. The zero-order valence-corrected chi connectivity index (χ0v) is 13.7. The van der Waals surface area contributed by atoms with Crippen molar-refractivity contribution >= 4 is 5.78 Å². The van der Waals surface area contributed by atoms with Gasteiger partial charge in [-0.15, -0.1) is 0 Å². The van der Waals surface area contributed by atoms with Crippen LogP contribution in [0.15, 0.2) is 24.3 Å². The highest BCUT2D eigenvalue weighted by molar-refractivity contribution is 5.90. The second-order valence-corrected chi connectivity index (χ2v) is 6.85. The lowest BCUT2D eigenvalue weighted by molar-refractivity contribution is -0.137. The van der Waals surface area contributed by atoms with Gasteiger partial charge < -0.3 is 5.32 Å². The van der Waals surface area contributed by atoms with Crippen LogP contribution >= 0.6 is 0 Å². The van der Waals surface area contributed by atoms with E-state index < -0.39 is 23.1 Å². The Hall–Kier alpha value is -1.36. The van der Waals surface area contributed by atoms with Gasteiger partial charge in [0.1, 0.15) is 5.78 Å². The Labute approximate surface area is 130 Å². The van der Waals surface area contributed by atoms with Gasteiger partial charge in [0, 0.05) is 18.0 Å². The highest BCUT2D eigenvalue weighted by Crippen LogP contribution is 2.32.